The topological polar surface area (TPSA) is 120 Å². The molecule has 0 atom stereocenters. The Hall–Kier alpha value is -4.50. The van der Waals surface area contributed by atoms with Crippen LogP contribution in [0, 0.1) is 6.92 Å². The minimum atomic E-state index is -3.64. The maximum atomic E-state index is 12.9. The lowest BCUT2D eigenvalue weighted by Gasteiger charge is -2.16. The van der Waals surface area contributed by atoms with Gasteiger partial charge in [-0.1, -0.05) is 54.6 Å². The van der Waals surface area contributed by atoms with Crippen LogP contribution in [0.25, 0.3) is 22.0 Å². The van der Waals surface area contributed by atoms with Crippen molar-refractivity contribution in [2.75, 3.05) is 10.5 Å². The number of fused-ring (bicyclic) bond motifs is 1. The van der Waals surface area contributed by atoms with E-state index in [0.29, 0.717) is 39.5 Å². The van der Waals surface area contributed by atoms with E-state index in [1.807, 2.05) is 49.4 Å². The van der Waals surface area contributed by atoms with Crippen molar-refractivity contribution in [3.8, 4) is 22.9 Å². The smallest absolute Gasteiger partial charge is 0.236 e. The van der Waals surface area contributed by atoms with Crippen LogP contribution in [-0.2, 0) is 15.8 Å². The summed E-state index contributed by atoms with van der Waals surface area (Å²) in [5, 5.41) is 1.45. The maximum Gasteiger partial charge on any atom is 0.236 e. The molecule has 8 nitrogen and oxygen atoms in total. The fraction of sp³-hybridized carbons (Fsp3) is 0.0741. The molecule has 0 unspecified atom stereocenters. The average molecular weight is 498 g/mol. The predicted octanol–water partition coefficient (Wildman–Crippen LogP) is 5.32. The normalized spacial score (nSPS) is 11.4. The molecule has 180 valence electrons. The van der Waals surface area contributed by atoms with Gasteiger partial charge in [0, 0.05) is 23.2 Å². The molecule has 3 N–H and O–H groups in total. The Bertz CT molecular complexity index is 1660. The van der Waals surface area contributed by atoms with Crippen molar-refractivity contribution in [3.63, 3.8) is 0 Å². The number of nitrogens with zero attached hydrogens (tertiary/aromatic N) is 3. The van der Waals surface area contributed by atoms with Gasteiger partial charge in [-0.15, -0.1) is 0 Å². The Balaban J connectivity index is 1.53. The first kappa shape index (κ1) is 23.3. The summed E-state index contributed by atoms with van der Waals surface area (Å²) in [6, 6.07) is 23.6. The molecular formula is C27H23N5O3S. The van der Waals surface area contributed by atoms with Crippen molar-refractivity contribution in [1.82, 2.24) is 15.0 Å². The molecule has 0 bridgehead atoms. The molecule has 0 saturated heterocycles. The van der Waals surface area contributed by atoms with E-state index in [2.05, 4.69) is 19.7 Å². The van der Waals surface area contributed by atoms with Gasteiger partial charge in [0.15, 0.2) is 0 Å². The molecule has 5 rings (SSSR count). The minimum absolute atomic E-state index is 0.126. The first-order valence-corrected chi connectivity index (χ1v) is 12.8. The van der Waals surface area contributed by atoms with E-state index in [1.54, 1.807) is 48.8 Å². The van der Waals surface area contributed by atoms with Crippen molar-refractivity contribution in [1.29, 1.82) is 0 Å². The third-order valence-electron chi connectivity index (χ3n) is 5.59. The van der Waals surface area contributed by atoms with Crippen molar-refractivity contribution >= 4 is 32.4 Å². The van der Waals surface area contributed by atoms with Crippen LogP contribution in [0.1, 0.15) is 11.1 Å². The summed E-state index contributed by atoms with van der Waals surface area (Å²) >= 11 is 0. The molecule has 2 heterocycles. The number of pyridine rings is 1. The van der Waals surface area contributed by atoms with E-state index in [4.69, 9.17) is 10.5 Å². The lowest BCUT2D eigenvalue weighted by atomic mass is 10.0. The Labute approximate surface area is 208 Å². The molecule has 0 aliphatic rings. The Kier molecular flexibility index (Phi) is 6.22. The number of hydrogen-bond acceptors (Lipinski definition) is 7. The van der Waals surface area contributed by atoms with Gasteiger partial charge in [-0.05, 0) is 42.3 Å². The Morgan fingerprint density at radius 3 is 2.50 bits per heavy atom. The summed E-state index contributed by atoms with van der Waals surface area (Å²) in [6.07, 6.45) is 3.21. The lowest BCUT2D eigenvalue weighted by Crippen LogP contribution is -2.15. The fourth-order valence-corrected chi connectivity index (χ4v) is 5.17. The number of ether oxygens (including phenoxy) is 1. The van der Waals surface area contributed by atoms with E-state index in [0.717, 1.165) is 10.9 Å². The number of nitrogen functional groups attached to an aromatic ring is 1. The van der Waals surface area contributed by atoms with Crippen LogP contribution in [0.3, 0.4) is 0 Å². The van der Waals surface area contributed by atoms with Gasteiger partial charge in [-0.25, -0.2) is 23.4 Å². The molecule has 9 heteroatoms. The minimum Gasteiger partial charge on any atom is -0.437 e. The van der Waals surface area contributed by atoms with E-state index < -0.39 is 10.0 Å². The average Bonchev–Trinajstić information content (AvgIpc) is 2.86. The van der Waals surface area contributed by atoms with Gasteiger partial charge in [0.1, 0.15) is 5.75 Å². The monoisotopic (exact) mass is 497 g/mol. The summed E-state index contributed by atoms with van der Waals surface area (Å²) in [6.45, 7) is 1.92. The van der Waals surface area contributed by atoms with Crippen LogP contribution in [-0.4, -0.2) is 23.4 Å². The molecule has 0 spiro atoms. The van der Waals surface area contributed by atoms with Crippen LogP contribution >= 0.6 is 0 Å². The fourth-order valence-electron chi connectivity index (χ4n) is 3.95. The summed E-state index contributed by atoms with van der Waals surface area (Å²) in [4.78, 5) is 12.7. The number of aromatic nitrogens is 3. The highest BCUT2D eigenvalue weighted by molar-refractivity contribution is 7.91. The predicted molar refractivity (Wildman–Crippen MR) is 141 cm³/mol. The summed E-state index contributed by atoms with van der Waals surface area (Å²) in [7, 11) is -3.64. The molecule has 36 heavy (non-hydrogen) atoms. The Morgan fingerprint density at radius 1 is 0.861 bits per heavy atom. The molecule has 0 fully saturated rings. The lowest BCUT2D eigenvalue weighted by molar-refractivity contribution is 0.466. The van der Waals surface area contributed by atoms with Crippen LogP contribution in [0.15, 0.2) is 91.3 Å². The number of sulfonamides is 1. The van der Waals surface area contributed by atoms with Crippen LogP contribution in [0.5, 0.6) is 11.6 Å². The van der Waals surface area contributed by atoms with Crippen molar-refractivity contribution < 1.29 is 13.2 Å². The molecular weight excluding hydrogens is 474 g/mol. The zero-order valence-corrected chi connectivity index (χ0v) is 20.2. The van der Waals surface area contributed by atoms with Gasteiger partial charge in [-0.2, -0.15) is 0 Å². The third kappa shape index (κ3) is 4.96. The van der Waals surface area contributed by atoms with Crippen LogP contribution < -0.4 is 15.2 Å². The number of nitrogens with one attached hydrogen (secondary N) is 1. The highest BCUT2D eigenvalue weighted by atomic mass is 32.2. The summed E-state index contributed by atoms with van der Waals surface area (Å²) in [5.41, 5.74) is 9.05. The highest BCUT2D eigenvalue weighted by Crippen LogP contribution is 2.38. The van der Waals surface area contributed by atoms with Gasteiger partial charge < -0.3 is 10.5 Å². The third-order valence-corrected chi connectivity index (χ3v) is 6.84. The molecule has 5 aromatic rings. The van der Waals surface area contributed by atoms with Gasteiger partial charge in [0.2, 0.25) is 21.9 Å². The van der Waals surface area contributed by atoms with E-state index in [-0.39, 0.29) is 11.7 Å². The molecule has 0 radical (unpaired) electrons. The van der Waals surface area contributed by atoms with E-state index in [9.17, 15) is 8.42 Å². The Morgan fingerprint density at radius 2 is 1.69 bits per heavy atom. The zero-order chi connectivity index (χ0) is 25.1. The van der Waals surface area contributed by atoms with Crippen LogP contribution in [0.2, 0.25) is 0 Å². The summed E-state index contributed by atoms with van der Waals surface area (Å²) in [5.74, 6) is 0.939. The molecule has 3 aromatic carbocycles. The van der Waals surface area contributed by atoms with E-state index in [1.165, 1.54) is 0 Å². The highest BCUT2D eigenvalue weighted by Gasteiger charge is 2.17. The summed E-state index contributed by atoms with van der Waals surface area (Å²) < 4.78 is 34.9. The molecule has 0 aliphatic heterocycles. The van der Waals surface area contributed by atoms with Crippen molar-refractivity contribution in [2.24, 2.45) is 0 Å². The van der Waals surface area contributed by atoms with Crippen molar-refractivity contribution in [3.05, 3.63) is 102 Å². The first-order valence-electron chi connectivity index (χ1n) is 11.2. The maximum absolute atomic E-state index is 12.9. The number of aryl methyl sites for hydroxylation is 1. The molecule has 0 aliphatic carbocycles. The number of nitrogens with two attached hydrogens (primary N) is 1. The zero-order valence-electron chi connectivity index (χ0n) is 19.4. The molecule has 0 amide bonds. The number of hydrogen-bond donors (Lipinski definition) is 2. The number of rotatable bonds is 7. The van der Waals surface area contributed by atoms with E-state index >= 15 is 0 Å². The molecule has 0 saturated carbocycles. The SMILES string of the molecule is Cc1ccc2c(NS(=O)(=O)Cc3ccccc3)cccc2c1Oc1ncccc1-c1ccnc(N)n1. The second-order valence-electron chi connectivity index (χ2n) is 8.22. The van der Waals surface area contributed by atoms with Gasteiger partial charge >= 0.3 is 0 Å². The number of anilines is 2. The second-order valence-corrected chi connectivity index (χ2v) is 9.94. The van der Waals surface area contributed by atoms with Gasteiger partial charge in [-0.3, -0.25) is 4.72 Å². The quantitative estimate of drug-likeness (QED) is 0.312. The largest absolute Gasteiger partial charge is 0.437 e. The van der Waals surface area contributed by atoms with Crippen molar-refractivity contribution in [2.45, 2.75) is 12.7 Å². The van der Waals surface area contributed by atoms with Gasteiger partial charge in [0.25, 0.3) is 0 Å². The molecule has 2 aromatic heterocycles. The number of benzene rings is 3. The van der Waals surface area contributed by atoms with Gasteiger partial charge in [0.05, 0.1) is 22.7 Å². The van der Waals surface area contributed by atoms with Crippen LogP contribution in [0.4, 0.5) is 11.6 Å². The standard InChI is InChI=1S/C27H23N5O3S/c1-18-12-13-20-21(9-5-11-24(20)32-36(33,34)17-19-7-3-2-4-8-19)25(18)35-26-22(10-6-15-29-26)23-14-16-30-27(28)31-23/h2-16,32H,17H2,1H3,(H2,28,30,31). The first-order chi connectivity index (χ1) is 17.4. The second kappa shape index (κ2) is 9.63.